The van der Waals surface area contributed by atoms with E-state index in [4.69, 9.17) is 5.11 Å². The van der Waals surface area contributed by atoms with E-state index in [0.717, 1.165) is 27.0 Å². The molecule has 0 fully saturated rings. The van der Waals surface area contributed by atoms with Gasteiger partial charge in [-0.2, -0.15) is 5.10 Å². The second-order valence-electron chi connectivity index (χ2n) is 4.45. The second kappa shape index (κ2) is 5.57. The van der Waals surface area contributed by atoms with Crippen LogP contribution < -0.4 is 0 Å². The molecule has 2 rings (SSSR count). The molecule has 0 bridgehead atoms. The van der Waals surface area contributed by atoms with Crippen molar-refractivity contribution in [2.24, 2.45) is 7.05 Å². The van der Waals surface area contributed by atoms with Crippen molar-refractivity contribution in [2.75, 3.05) is 0 Å². The minimum absolute atomic E-state index is 0.107. The quantitative estimate of drug-likeness (QED) is 0.940. The van der Waals surface area contributed by atoms with Crippen LogP contribution in [-0.2, 0) is 18.3 Å². The summed E-state index contributed by atoms with van der Waals surface area (Å²) in [6.07, 6.45) is 0.568. The Labute approximate surface area is 120 Å². The van der Waals surface area contributed by atoms with Crippen LogP contribution in [-0.4, -0.2) is 20.9 Å². The molecule has 19 heavy (non-hydrogen) atoms. The van der Waals surface area contributed by atoms with Gasteiger partial charge in [-0.1, -0.05) is 28.1 Å². The maximum Gasteiger partial charge on any atom is 0.303 e. The van der Waals surface area contributed by atoms with Crippen LogP contribution in [0.15, 0.2) is 28.7 Å². The van der Waals surface area contributed by atoms with Crippen LogP contribution in [0.2, 0.25) is 0 Å². The van der Waals surface area contributed by atoms with Crippen molar-refractivity contribution in [1.29, 1.82) is 0 Å². The molecule has 0 radical (unpaired) electrons. The Bertz CT molecular complexity index is 620. The van der Waals surface area contributed by atoms with Crippen molar-refractivity contribution in [3.05, 3.63) is 40.0 Å². The highest BCUT2D eigenvalue weighted by Crippen LogP contribution is 2.27. The van der Waals surface area contributed by atoms with E-state index < -0.39 is 5.97 Å². The molecular weight excluding hydrogens is 308 g/mol. The van der Waals surface area contributed by atoms with E-state index in [-0.39, 0.29) is 6.42 Å². The van der Waals surface area contributed by atoms with Crippen molar-refractivity contribution < 1.29 is 9.90 Å². The molecule has 0 saturated carbocycles. The Morgan fingerprint density at radius 1 is 1.47 bits per heavy atom. The van der Waals surface area contributed by atoms with Gasteiger partial charge in [-0.25, -0.2) is 0 Å². The van der Waals surface area contributed by atoms with Gasteiger partial charge in [-0.3, -0.25) is 9.48 Å². The maximum absolute atomic E-state index is 10.6. The first-order valence-electron chi connectivity index (χ1n) is 5.99. The molecule has 0 unspecified atom stereocenters. The molecule has 1 aromatic carbocycles. The Morgan fingerprint density at radius 2 is 2.21 bits per heavy atom. The summed E-state index contributed by atoms with van der Waals surface area (Å²) in [6, 6.07) is 8.00. The highest BCUT2D eigenvalue weighted by atomic mass is 79.9. The van der Waals surface area contributed by atoms with Crippen LogP contribution in [0.1, 0.15) is 17.7 Å². The first-order chi connectivity index (χ1) is 8.99. The van der Waals surface area contributed by atoms with Crippen molar-refractivity contribution in [2.45, 2.75) is 19.8 Å². The lowest BCUT2D eigenvalue weighted by Crippen LogP contribution is -1.99. The summed E-state index contributed by atoms with van der Waals surface area (Å²) in [6.45, 7) is 1.99. The highest BCUT2D eigenvalue weighted by molar-refractivity contribution is 9.10. The SMILES string of the molecule is Cc1c(CCC(=O)O)nn(C)c1-c1cccc(Br)c1. The standard InChI is InChI=1S/C14H15BrN2O2/c1-9-12(6-7-13(18)19)16-17(2)14(9)10-4-3-5-11(15)8-10/h3-5,8H,6-7H2,1-2H3,(H,18,19). The van der Waals surface area contributed by atoms with E-state index in [2.05, 4.69) is 21.0 Å². The van der Waals surface area contributed by atoms with Crippen LogP contribution in [0.4, 0.5) is 0 Å². The molecule has 4 nitrogen and oxygen atoms in total. The molecule has 0 spiro atoms. The fourth-order valence-electron chi connectivity index (χ4n) is 2.19. The normalized spacial score (nSPS) is 10.7. The van der Waals surface area contributed by atoms with Crippen molar-refractivity contribution in [3.63, 3.8) is 0 Å². The Hall–Kier alpha value is -1.62. The first kappa shape index (κ1) is 13.8. The molecule has 0 aliphatic heterocycles. The van der Waals surface area contributed by atoms with Gasteiger partial charge in [-0.15, -0.1) is 0 Å². The summed E-state index contributed by atoms with van der Waals surface area (Å²) in [4.78, 5) is 10.6. The zero-order valence-corrected chi connectivity index (χ0v) is 12.4. The molecule has 2 aromatic rings. The number of nitrogens with zero attached hydrogens (tertiary/aromatic N) is 2. The molecule has 0 atom stereocenters. The van der Waals surface area contributed by atoms with Crippen molar-refractivity contribution >= 4 is 21.9 Å². The van der Waals surface area contributed by atoms with Gasteiger partial charge in [0.05, 0.1) is 17.8 Å². The number of aliphatic carboxylic acids is 1. The number of benzene rings is 1. The van der Waals surface area contributed by atoms with Crippen molar-refractivity contribution in [3.8, 4) is 11.3 Å². The summed E-state index contributed by atoms with van der Waals surface area (Å²) in [7, 11) is 1.88. The molecule has 0 saturated heterocycles. The number of hydrogen-bond donors (Lipinski definition) is 1. The Balaban J connectivity index is 2.39. The number of rotatable bonds is 4. The second-order valence-corrected chi connectivity index (χ2v) is 5.36. The third-order valence-electron chi connectivity index (χ3n) is 3.06. The smallest absolute Gasteiger partial charge is 0.303 e. The first-order valence-corrected chi connectivity index (χ1v) is 6.78. The summed E-state index contributed by atoms with van der Waals surface area (Å²) in [5, 5.41) is 13.2. The fourth-order valence-corrected chi connectivity index (χ4v) is 2.59. The third-order valence-corrected chi connectivity index (χ3v) is 3.55. The number of aromatic nitrogens is 2. The minimum atomic E-state index is -0.797. The van der Waals surface area contributed by atoms with E-state index in [1.807, 2.05) is 42.9 Å². The van der Waals surface area contributed by atoms with Crippen LogP contribution in [0, 0.1) is 6.92 Å². The van der Waals surface area contributed by atoms with Crippen LogP contribution in [0.25, 0.3) is 11.3 Å². The zero-order valence-electron chi connectivity index (χ0n) is 10.9. The maximum atomic E-state index is 10.6. The van der Waals surface area contributed by atoms with Gasteiger partial charge < -0.3 is 5.11 Å². The zero-order chi connectivity index (χ0) is 14.0. The number of hydrogen-bond acceptors (Lipinski definition) is 2. The van der Waals surface area contributed by atoms with E-state index in [0.29, 0.717) is 6.42 Å². The molecule has 0 amide bonds. The summed E-state index contributed by atoms with van der Waals surface area (Å²) >= 11 is 3.46. The molecule has 5 heteroatoms. The molecule has 0 aliphatic carbocycles. The average Bonchev–Trinajstić information content (AvgIpc) is 2.62. The number of carbonyl (C=O) groups is 1. The lowest BCUT2D eigenvalue weighted by Gasteiger charge is -2.04. The van der Waals surface area contributed by atoms with Crippen molar-refractivity contribution in [1.82, 2.24) is 9.78 Å². The lowest BCUT2D eigenvalue weighted by molar-refractivity contribution is -0.136. The molecule has 0 aliphatic rings. The van der Waals surface area contributed by atoms with Gasteiger partial charge in [0.2, 0.25) is 0 Å². The average molecular weight is 323 g/mol. The predicted molar refractivity (Wildman–Crippen MR) is 77.0 cm³/mol. The summed E-state index contributed by atoms with van der Waals surface area (Å²) in [5.74, 6) is -0.797. The van der Waals surface area contributed by atoms with E-state index in [1.54, 1.807) is 0 Å². The Morgan fingerprint density at radius 3 is 2.84 bits per heavy atom. The lowest BCUT2D eigenvalue weighted by atomic mass is 10.0. The Kier molecular flexibility index (Phi) is 4.04. The van der Waals surface area contributed by atoms with E-state index >= 15 is 0 Å². The fraction of sp³-hybridized carbons (Fsp3) is 0.286. The molecular formula is C14H15BrN2O2. The van der Waals surface area contributed by atoms with E-state index in [9.17, 15) is 4.79 Å². The van der Waals surface area contributed by atoms with Gasteiger partial charge in [0.25, 0.3) is 0 Å². The van der Waals surface area contributed by atoms with E-state index in [1.165, 1.54) is 0 Å². The number of carboxylic acids is 1. The predicted octanol–water partition coefficient (Wildman–Crippen LogP) is 3.18. The van der Waals surface area contributed by atoms with Crippen LogP contribution in [0.3, 0.4) is 0 Å². The molecule has 1 N–H and O–H groups in total. The van der Waals surface area contributed by atoms with Gasteiger partial charge in [0.1, 0.15) is 0 Å². The number of aryl methyl sites for hydroxylation is 2. The molecule has 1 aromatic heterocycles. The monoisotopic (exact) mass is 322 g/mol. The summed E-state index contributed by atoms with van der Waals surface area (Å²) in [5.41, 5.74) is 3.99. The van der Waals surface area contributed by atoms with Crippen LogP contribution in [0.5, 0.6) is 0 Å². The summed E-state index contributed by atoms with van der Waals surface area (Å²) < 4.78 is 2.83. The number of halogens is 1. The van der Waals surface area contributed by atoms with Gasteiger partial charge in [-0.05, 0) is 24.6 Å². The van der Waals surface area contributed by atoms with Gasteiger partial charge >= 0.3 is 5.97 Å². The number of carboxylic acid groups (broad SMARTS) is 1. The van der Waals surface area contributed by atoms with Gasteiger partial charge in [0, 0.05) is 23.5 Å². The van der Waals surface area contributed by atoms with Crippen LogP contribution >= 0.6 is 15.9 Å². The molecule has 100 valence electrons. The topological polar surface area (TPSA) is 55.1 Å². The largest absolute Gasteiger partial charge is 0.481 e. The molecule has 1 heterocycles. The minimum Gasteiger partial charge on any atom is -0.481 e. The third kappa shape index (κ3) is 3.04. The highest BCUT2D eigenvalue weighted by Gasteiger charge is 2.14. The van der Waals surface area contributed by atoms with Gasteiger partial charge in [0.15, 0.2) is 0 Å².